The van der Waals surface area contributed by atoms with Crippen molar-refractivity contribution < 1.29 is 4.79 Å². The third kappa shape index (κ3) is 3.60. The minimum atomic E-state index is -0.376. The molecule has 3 N–H and O–H groups in total. The van der Waals surface area contributed by atoms with Crippen molar-refractivity contribution in [3.05, 3.63) is 63.6 Å². The van der Waals surface area contributed by atoms with Crippen LogP contribution in [0.4, 0.5) is 5.69 Å². The number of carbonyl (C=O) groups excluding carboxylic acids is 1. The van der Waals surface area contributed by atoms with E-state index in [-0.39, 0.29) is 18.4 Å². The molecule has 0 aliphatic carbocycles. The minimum absolute atomic E-state index is 0.137. The fourth-order valence-electron chi connectivity index (χ4n) is 1.89. The van der Waals surface area contributed by atoms with Crippen LogP contribution in [0.25, 0.3) is 0 Å². The summed E-state index contributed by atoms with van der Waals surface area (Å²) < 4.78 is 0.738. The van der Waals surface area contributed by atoms with Gasteiger partial charge in [0.05, 0.1) is 11.6 Å². The SMILES string of the molecule is NCC(C(=O)Nc1ccc(Cl)cc1Br)c1ccccc1. The summed E-state index contributed by atoms with van der Waals surface area (Å²) in [5, 5.41) is 3.47. The maximum absolute atomic E-state index is 12.3. The summed E-state index contributed by atoms with van der Waals surface area (Å²) in [5.41, 5.74) is 7.30. The molecule has 2 aromatic carbocycles. The van der Waals surface area contributed by atoms with Gasteiger partial charge in [0.2, 0.25) is 5.91 Å². The van der Waals surface area contributed by atoms with E-state index >= 15 is 0 Å². The lowest BCUT2D eigenvalue weighted by atomic mass is 9.98. The topological polar surface area (TPSA) is 55.1 Å². The van der Waals surface area contributed by atoms with Gasteiger partial charge in [-0.15, -0.1) is 0 Å². The smallest absolute Gasteiger partial charge is 0.233 e. The van der Waals surface area contributed by atoms with Crippen LogP contribution in [0, 0.1) is 0 Å². The highest BCUT2D eigenvalue weighted by atomic mass is 79.9. The molecular formula is C15H14BrClN2O. The van der Waals surface area contributed by atoms with E-state index in [4.69, 9.17) is 17.3 Å². The average molecular weight is 354 g/mol. The monoisotopic (exact) mass is 352 g/mol. The number of anilines is 1. The highest BCUT2D eigenvalue weighted by Crippen LogP contribution is 2.27. The molecule has 0 saturated carbocycles. The first-order chi connectivity index (χ1) is 9.61. The summed E-state index contributed by atoms with van der Waals surface area (Å²) in [7, 11) is 0. The lowest BCUT2D eigenvalue weighted by molar-refractivity contribution is -0.117. The van der Waals surface area contributed by atoms with Gasteiger partial charge in [0.25, 0.3) is 0 Å². The molecule has 1 unspecified atom stereocenters. The summed E-state index contributed by atoms with van der Waals surface area (Å²) in [6, 6.07) is 14.7. The second-order valence-electron chi connectivity index (χ2n) is 4.31. The molecule has 0 aromatic heterocycles. The van der Waals surface area contributed by atoms with Gasteiger partial charge in [-0.3, -0.25) is 4.79 Å². The first-order valence-electron chi connectivity index (χ1n) is 6.12. The van der Waals surface area contributed by atoms with Gasteiger partial charge in [-0.2, -0.15) is 0 Å². The molecule has 3 nitrogen and oxygen atoms in total. The number of hydrogen-bond acceptors (Lipinski definition) is 2. The summed E-state index contributed by atoms with van der Waals surface area (Å²) >= 11 is 9.25. The number of rotatable bonds is 4. The Morgan fingerprint density at radius 3 is 2.55 bits per heavy atom. The van der Waals surface area contributed by atoms with E-state index in [2.05, 4.69) is 21.2 Å². The first-order valence-corrected chi connectivity index (χ1v) is 7.30. The zero-order chi connectivity index (χ0) is 14.5. The van der Waals surface area contributed by atoms with E-state index in [0.717, 1.165) is 10.0 Å². The van der Waals surface area contributed by atoms with Crippen LogP contribution in [-0.2, 0) is 4.79 Å². The maximum atomic E-state index is 12.3. The summed E-state index contributed by atoms with van der Waals surface area (Å²) in [6.07, 6.45) is 0. The molecule has 1 amide bonds. The van der Waals surface area contributed by atoms with Crippen LogP contribution in [-0.4, -0.2) is 12.5 Å². The minimum Gasteiger partial charge on any atom is -0.329 e. The zero-order valence-corrected chi connectivity index (χ0v) is 13.0. The third-order valence-corrected chi connectivity index (χ3v) is 3.83. The number of amides is 1. The lowest BCUT2D eigenvalue weighted by Gasteiger charge is -2.16. The van der Waals surface area contributed by atoms with Gasteiger partial charge in [0, 0.05) is 16.0 Å². The number of halogens is 2. The number of carbonyl (C=O) groups is 1. The number of benzene rings is 2. The maximum Gasteiger partial charge on any atom is 0.233 e. The molecule has 1 atom stereocenters. The normalized spacial score (nSPS) is 11.9. The standard InChI is InChI=1S/C15H14BrClN2O/c16-13-8-11(17)6-7-14(13)19-15(20)12(9-18)10-4-2-1-3-5-10/h1-8,12H,9,18H2,(H,19,20). The van der Waals surface area contributed by atoms with Crippen LogP contribution in [0.1, 0.15) is 11.5 Å². The quantitative estimate of drug-likeness (QED) is 0.879. The van der Waals surface area contributed by atoms with Gasteiger partial charge in [-0.1, -0.05) is 41.9 Å². The van der Waals surface area contributed by atoms with Crippen molar-refractivity contribution in [3.8, 4) is 0 Å². The molecule has 104 valence electrons. The number of nitrogens with one attached hydrogen (secondary N) is 1. The largest absolute Gasteiger partial charge is 0.329 e. The van der Waals surface area contributed by atoms with Crippen molar-refractivity contribution in [2.24, 2.45) is 5.73 Å². The third-order valence-electron chi connectivity index (χ3n) is 2.94. The van der Waals surface area contributed by atoms with Gasteiger partial charge >= 0.3 is 0 Å². The Morgan fingerprint density at radius 2 is 1.95 bits per heavy atom. The highest BCUT2D eigenvalue weighted by molar-refractivity contribution is 9.10. The van der Waals surface area contributed by atoms with E-state index in [1.54, 1.807) is 18.2 Å². The van der Waals surface area contributed by atoms with Crippen molar-refractivity contribution in [2.45, 2.75) is 5.92 Å². The molecule has 0 radical (unpaired) electrons. The Hall–Kier alpha value is -1.36. The van der Waals surface area contributed by atoms with Crippen LogP contribution in [0.5, 0.6) is 0 Å². The van der Waals surface area contributed by atoms with Crippen molar-refractivity contribution in [1.29, 1.82) is 0 Å². The Morgan fingerprint density at radius 1 is 1.25 bits per heavy atom. The average Bonchev–Trinajstić information content (AvgIpc) is 2.44. The van der Waals surface area contributed by atoms with Crippen LogP contribution >= 0.6 is 27.5 Å². The molecule has 0 spiro atoms. The molecule has 2 rings (SSSR count). The number of nitrogens with two attached hydrogens (primary N) is 1. The van der Waals surface area contributed by atoms with Gasteiger partial charge in [0.1, 0.15) is 0 Å². The highest BCUT2D eigenvalue weighted by Gasteiger charge is 2.19. The fraction of sp³-hybridized carbons (Fsp3) is 0.133. The predicted molar refractivity (Wildman–Crippen MR) is 86.0 cm³/mol. The molecule has 20 heavy (non-hydrogen) atoms. The molecule has 0 aliphatic heterocycles. The first kappa shape index (κ1) is 15.0. The van der Waals surface area contributed by atoms with E-state index in [9.17, 15) is 4.79 Å². The number of hydrogen-bond donors (Lipinski definition) is 2. The Labute approximate surface area is 131 Å². The molecule has 0 heterocycles. The second kappa shape index (κ2) is 6.88. The summed E-state index contributed by atoms with van der Waals surface area (Å²) in [4.78, 5) is 12.3. The summed E-state index contributed by atoms with van der Waals surface area (Å²) in [5.74, 6) is -0.513. The Balaban J connectivity index is 2.18. The van der Waals surface area contributed by atoms with Gasteiger partial charge in [-0.05, 0) is 39.7 Å². The Kier molecular flexibility index (Phi) is 5.17. The molecule has 0 bridgehead atoms. The predicted octanol–water partition coefficient (Wildman–Crippen LogP) is 3.78. The van der Waals surface area contributed by atoms with Crippen molar-refractivity contribution >= 4 is 39.1 Å². The van der Waals surface area contributed by atoms with Crippen molar-refractivity contribution in [1.82, 2.24) is 0 Å². The van der Waals surface area contributed by atoms with Crippen molar-refractivity contribution in [3.63, 3.8) is 0 Å². The van der Waals surface area contributed by atoms with Crippen molar-refractivity contribution in [2.75, 3.05) is 11.9 Å². The Bertz CT molecular complexity index is 604. The second-order valence-corrected chi connectivity index (χ2v) is 5.60. The fourth-order valence-corrected chi connectivity index (χ4v) is 2.67. The van der Waals surface area contributed by atoms with Crippen LogP contribution in [0.15, 0.2) is 53.0 Å². The molecule has 2 aromatic rings. The lowest BCUT2D eigenvalue weighted by Crippen LogP contribution is -2.27. The van der Waals surface area contributed by atoms with Gasteiger partial charge < -0.3 is 11.1 Å². The molecule has 0 aliphatic rings. The van der Waals surface area contributed by atoms with Crippen LogP contribution in [0.2, 0.25) is 5.02 Å². The summed E-state index contributed by atoms with van der Waals surface area (Å²) in [6.45, 7) is 0.251. The molecular weight excluding hydrogens is 340 g/mol. The van der Waals surface area contributed by atoms with E-state index in [1.807, 2.05) is 30.3 Å². The van der Waals surface area contributed by atoms with Gasteiger partial charge in [0.15, 0.2) is 0 Å². The van der Waals surface area contributed by atoms with Crippen LogP contribution in [0.3, 0.4) is 0 Å². The van der Waals surface area contributed by atoms with Gasteiger partial charge in [-0.25, -0.2) is 0 Å². The van der Waals surface area contributed by atoms with E-state index in [1.165, 1.54) is 0 Å². The van der Waals surface area contributed by atoms with E-state index < -0.39 is 0 Å². The molecule has 5 heteroatoms. The zero-order valence-electron chi connectivity index (χ0n) is 10.6. The molecule has 0 fully saturated rings. The van der Waals surface area contributed by atoms with E-state index in [0.29, 0.717) is 10.7 Å². The van der Waals surface area contributed by atoms with Crippen LogP contribution < -0.4 is 11.1 Å². The molecule has 0 saturated heterocycles.